The summed E-state index contributed by atoms with van der Waals surface area (Å²) in [6, 6.07) is 5.91. The number of nitrogens with zero attached hydrogens (tertiary/aromatic N) is 3. The fourth-order valence-electron chi connectivity index (χ4n) is 2.69. The van der Waals surface area contributed by atoms with Crippen molar-refractivity contribution in [1.82, 2.24) is 14.3 Å². The minimum Gasteiger partial charge on any atom is -0.292 e. The van der Waals surface area contributed by atoms with E-state index in [0.29, 0.717) is 12.5 Å². The highest BCUT2D eigenvalue weighted by Gasteiger charge is 2.13. The second kappa shape index (κ2) is 6.95. The third-order valence-corrected chi connectivity index (χ3v) is 5.26. The van der Waals surface area contributed by atoms with E-state index in [-0.39, 0.29) is 5.56 Å². The Morgan fingerprint density at radius 1 is 1.35 bits per heavy atom. The molecule has 0 aliphatic carbocycles. The summed E-state index contributed by atoms with van der Waals surface area (Å²) in [5, 5.41) is 2.11. The van der Waals surface area contributed by atoms with Gasteiger partial charge < -0.3 is 0 Å². The van der Waals surface area contributed by atoms with E-state index in [1.54, 1.807) is 33.1 Å². The summed E-state index contributed by atoms with van der Waals surface area (Å²) in [4.78, 5) is 22.5. The molecule has 6 heteroatoms. The minimum absolute atomic E-state index is 0.00923. The van der Waals surface area contributed by atoms with E-state index in [2.05, 4.69) is 41.2 Å². The topological polar surface area (TPSA) is 37.6 Å². The van der Waals surface area contributed by atoms with Crippen molar-refractivity contribution in [2.45, 2.75) is 33.9 Å². The molecule has 0 N–H and O–H groups in total. The van der Waals surface area contributed by atoms with Crippen molar-refractivity contribution >= 4 is 27.6 Å². The van der Waals surface area contributed by atoms with Gasteiger partial charge in [0, 0.05) is 41.7 Å². The van der Waals surface area contributed by atoms with E-state index in [4.69, 9.17) is 0 Å². The van der Waals surface area contributed by atoms with Crippen molar-refractivity contribution in [3.8, 4) is 0 Å². The van der Waals surface area contributed by atoms with Crippen LogP contribution in [-0.2, 0) is 13.1 Å². The van der Waals surface area contributed by atoms with Crippen LogP contribution >= 0.6 is 22.7 Å². The Morgan fingerprint density at radius 3 is 2.87 bits per heavy atom. The van der Waals surface area contributed by atoms with Crippen molar-refractivity contribution in [2.75, 3.05) is 6.54 Å². The molecular formula is C17H21N3OS2. The fraction of sp³-hybridized carbons (Fsp3) is 0.412. The molecule has 23 heavy (non-hydrogen) atoms. The standard InChI is InChI=1S/C17H21N3OS2/c1-12(2)8-19(11-15-5-4-6-22-15)10-14-7-16(21)20-9-13(3)23-17(20)18-14/h4-7,9,12H,8,10-11H2,1-3H3. The number of thiazole rings is 1. The van der Waals surface area contributed by atoms with Gasteiger partial charge in [0.1, 0.15) is 0 Å². The van der Waals surface area contributed by atoms with Gasteiger partial charge in [-0.2, -0.15) is 0 Å². The van der Waals surface area contributed by atoms with E-state index in [0.717, 1.165) is 28.6 Å². The maximum absolute atomic E-state index is 12.2. The molecule has 0 fully saturated rings. The van der Waals surface area contributed by atoms with Crippen LogP contribution in [-0.4, -0.2) is 20.8 Å². The monoisotopic (exact) mass is 347 g/mol. The molecule has 0 aliphatic rings. The van der Waals surface area contributed by atoms with Crippen LogP contribution < -0.4 is 5.56 Å². The summed E-state index contributed by atoms with van der Waals surface area (Å²) in [7, 11) is 0. The first kappa shape index (κ1) is 16.4. The quantitative estimate of drug-likeness (QED) is 0.681. The van der Waals surface area contributed by atoms with Gasteiger partial charge in [-0.05, 0) is 24.3 Å². The number of thiophene rings is 1. The largest absolute Gasteiger partial charge is 0.292 e. The second-order valence-corrected chi connectivity index (χ2v) is 8.47. The number of hydrogen-bond acceptors (Lipinski definition) is 5. The molecule has 4 nitrogen and oxygen atoms in total. The lowest BCUT2D eigenvalue weighted by molar-refractivity contribution is 0.227. The molecule has 0 aliphatic heterocycles. The summed E-state index contributed by atoms with van der Waals surface area (Å²) in [6.07, 6.45) is 1.86. The van der Waals surface area contributed by atoms with Crippen LogP contribution in [0.3, 0.4) is 0 Å². The molecule has 0 saturated heterocycles. The molecule has 0 spiro atoms. The van der Waals surface area contributed by atoms with Gasteiger partial charge in [-0.25, -0.2) is 4.98 Å². The number of hydrogen-bond donors (Lipinski definition) is 0. The van der Waals surface area contributed by atoms with E-state index < -0.39 is 0 Å². The van der Waals surface area contributed by atoms with E-state index >= 15 is 0 Å². The second-order valence-electron chi connectivity index (χ2n) is 6.22. The van der Waals surface area contributed by atoms with Gasteiger partial charge in [0.15, 0.2) is 4.96 Å². The molecule has 3 rings (SSSR count). The zero-order valence-corrected chi connectivity index (χ0v) is 15.3. The van der Waals surface area contributed by atoms with Crippen LogP contribution in [0.5, 0.6) is 0 Å². The highest BCUT2D eigenvalue weighted by atomic mass is 32.1. The van der Waals surface area contributed by atoms with Crippen LogP contribution in [0.1, 0.15) is 29.3 Å². The van der Waals surface area contributed by atoms with Crippen LogP contribution in [0.15, 0.2) is 34.6 Å². The van der Waals surface area contributed by atoms with Crippen molar-refractivity contribution in [3.05, 3.63) is 55.6 Å². The molecule has 0 unspecified atom stereocenters. The molecule has 122 valence electrons. The maximum atomic E-state index is 12.2. The first-order valence-corrected chi connectivity index (χ1v) is 9.44. The lowest BCUT2D eigenvalue weighted by atomic mass is 10.2. The summed E-state index contributed by atoms with van der Waals surface area (Å²) < 4.78 is 1.63. The first-order valence-electron chi connectivity index (χ1n) is 7.74. The van der Waals surface area contributed by atoms with Crippen LogP contribution in [0.4, 0.5) is 0 Å². The number of fused-ring (bicyclic) bond motifs is 1. The molecule has 3 heterocycles. The van der Waals surface area contributed by atoms with Gasteiger partial charge in [-0.1, -0.05) is 19.9 Å². The average Bonchev–Trinajstić information content (AvgIpc) is 3.07. The van der Waals surface area contributed by atoms with Crippen molar-refractivity contribution < 1.29 is 0 Å². The Morgan fingerprint density at radius 2 is 2.17 bits per heavy atom. The Hall–Kier alpha value is -1.50. The van der Waals surface area contributed by atoms with Gasteiger partial charge in [0.25, 0.3) is 5.56 Å². The summed E-state index contributed by atoms with van der Waals surface area (Å²) >= 11 is 3.33. The fourth-order valence-corrected chi connectivity index (χ4v) is 4.29. The first-order chi connectivity index (χ1) is 11.0. The molecule has 0 atom stereocenters. The molecule has 0 saturated carbocycles. The molecule has 0 bridgehead atoms. The molecule has 3 aromatic heterocycles. The summed E-state index contributed by atoms with van der Waals surface area (Å²) in [6.45, 7) is 9.03. The molecule has 0 aromatic carbocycles. The van der Waals surface area contributed by atoms with Crippen LogP contribution in [0.2, 0.25) is 0 Å². The third-order valence-electron chi connectivity index (χ3n) is 3.50. The van der Waals surface area contributed by atoms with E-state index in [1.165, 1.54) is 4.88 Å². The highest BCUT2D eigenvalue weighted by Crippen LogP contribution is 2.17. The SMILES string of the molecule is Cc1cn2c(=O)cc(CN(Cc3cccs3)CC(C)C)nc2s1. The Kier molecular flexibility index (Phi) is 4.94. The summed E-state index contributed by atoms with van der Waals surface area (Å²) in [5.41, 5.74) is 0.865. The van der Waals surface area contributed by atoms with Crippen molar-refractivity contribution in [3.63, 3.8) is 0 Å². The zero-order valence-electron chi connectivity index (χ0n) is 13.7. The van der Waals surface area contributed by atoms with Crippen molar-refractivity contribution in [1.29, 1.82) is 0 Å². The smallest absolute Gasteiger partial charge is 0.258 e. The van der Waals surface area contributed by atoms with Crippen LogP contribution in [0, 0.1) is 12.8 Å². The Bertz CT molecular complexity index is 833. The molecular weight excluding hydrogens is 326 g/mol. The van der Waals surface area contributed by atoms with Gasteiger partial charge >= 0.3 is 0 Å². The number of aromatic nitrogens is 2. The predicted molar refractivity (Wildman–Crippen MR) is 97.3 cm³/mol. The van der Waals surface area contributed by atoms with Crippen molar-refractivity contribution in [2.24, 2.45) is 5.92 Å². The Balaban J connectivity index is 1.85. The number of aryl methyl sites for hydroxylation is 1. The van der Waals surface area contributed by atoms with Gasteiger partial charge in [-0.3, -0.25) is 14.1 Å². The molecule has 0 amide bonds. The normalized spacial score (nSPS) is 11.9. The third kappa shape index (κ3) is 4.07. The van der Waals surface area contributed by atoms with Gasteiger partial charge in [0.2, 0.25) is 0 Å². The zero-order chi connectivity index (χ0) is 16.4. The molecule has 3 aromatic rings. The lowest BCUT2D eigenvalue weighted by Gasteiger charge is -2.23. The highest BCUT2D eigenvalue weighted by molar-refractivity contribution is 7.16. The van der Waals surface area contributed by atoms with Gasteiger partial charge in [-0.15, -0.1) is 22.7 Å². The van der Waals surface area contributed by atoms with Crippen LogP contribution in [0.25, 0.3) is 4.96 Å². The minimum atomic E-state index is 0.00923. The summed E-state index contributed by atoms with van der Waals surface area (Å²) in [5.74, 6) is 0.573. The average molecular weight is 348 g/mol. The lowest BCUT2D eigenvalue weighted by Crippen LogP contribution is -2.28. The van der Waals surface area contributed by atoms with E-state index in [1.807, 2.05) is 13.1 Å². The van der Waals surface area contributed by atoms with Gasteiger partial charge in [0.05, 0.1) is 5.69 Å². The predicted octanol–water partition coefficient (Wildman–Crippen LogP) is 3.78. The Labute approximate surface area is 144 Å². The molecule has 0 radical (unpaired) electrons. The maximum Gasteiger partial charge on any atom is 0.258 e. The van der Waals surface area contributed by atoms with E-state index in [9.17, 15) is 4.79 Å². The number of rotatable bonds is 6.